The van der Waals surface area contributed by atoms with E-state index in [-0.39, 0.29) is 17.8 Å². The van der Waals surface area contributed by atoms with Crippen LogP contribution in [-0.2, 0) is 10.2 Å². The summed E-state index contributed by atoms with van der Waals surface area (Å²) >= 11 is 0. The number of carbonyl (C=O) groups is 1. The SMILES string of the molecule is CC(C)(C)c1ccc(OCC(O)C2OC(=O)N(c3ccc(F)cc3)[C@@H]2c2ccc(O)cc2)cc1. The third-order valence-corrected chi connectivity index (χ3v) is 5.88. The maximum absolute atomic E-state index is 13.5. The van der Waals surface area contributed by atoms with Crippen LogP contribution in [0.2, 0.25) is 0 Å². The first kappa shape index (κ1) is 23.6. The molecular formula is C27H28FNO5. The maximum atomic E-state index is 13.5. The van der Waals surface area contributed by atoms with Gasteiger partial charge in [0.2, 0.25) is 0 Å². The van der Waals surface area contributed by atoms with Crippen LogP contribution in [0.15, 0.2) is 72.8 Å². The summed E-state index contributed by atoms with van der Waals surface area (Å²) < 4.78 is 24.8. The first-order valence-electron chi connectivity index (χ1n) is 11.1. The topological polar surface area (TPSA) is 79.2 Å². The zero-order valence-corrected chi connectivity index (χ0v) is 19.3. The predicted molar refractivity (Wildman–Crippen MR) is 127 cm³/mol. The van der Waals surface area contributed by atoms with Gasteiger partial charge < -0.3 is 19.7 Å². The molecule has 1 amide bonds. The Morgan fingerprint density at radius 3 is 2.21 bits per heavy atom. The Morgan fingerprint density at radius 2 is 1.62 bits per heavy atom. The molecule has 1 saturated heterocycles. The third kappa shape index (κ3) is 4.99. The second-order valence-corrected chi connectivity index (χ2v) is 9.38. The number of aliphatic hydroxyl groups is 1. The average Bonchev–Trinajstić information content (AvgIpc) is 3.15. The van der Waals surface area contributed by atoms with Crippen LogP contribution in [0.3, 0.4) is 0 Å². The maximum Gasteiger partial charge on any atom is 0.415 e. The van der Waals surface area contributed by atoms with Crippen molar-refractivity contribution in [3.63, 3.8) is 0 Å². The first-order chi connectivity index (χ1) is 16.1. The lowest BCUT2D eigenvalue weighted by atomic mass is 9.87. The number of phenolic OH excluding ortho intramolecular Hbond substituents is 1. The molecule has 0 bridgehead atoms. The van der Waals surface area contributed by atoms with Crippen LogP contribution in [0.1, 0.15) is 37.9 Å². The number of nitrogens with zero attached hydrogens (tertiary/aromatic N) is 1. The highest BCUT2D eigenvalue weighted by Gasteiger charge is 2.47. The summed E-state index contributed by atoms with van der Waals surface area (Å²) in [5.41, 5.74) is 2.24. The molecule has 1 fully saturated rings. The van der Waals surface area contributed by atoms with Crippen molar-refractivity contribution in [3.05, 3.63) is 89.7 Å². The number of aromatic hydroxyl groups is 1. The van der Waals surface area contributed by atoms with E-state index in [1.165, 1.54) is 41.3 Å². The molecule has 34 heavy (non-hydrogen) atoms. The largest absolute Gasteiger partial charge is 0.508 e. The van der Waals surface area contributed by atoms with Gasteiger partial charge in [-0.05, 0) is 65.1 Å². The van der Waals surface area contributed by atoms with Crippen molar-refractivity contribution in [3.8, 4) is 11.5 Å². The molecule has 0 aromatic heterocycles. The van der Waals surface area contributed by atoms with Gasteiger partial charge in [0.1, 0.15) is 36.1 Å². The Hall–Kier alpha value is -3.58. The number of rotatable bonds is 6. The minimum atomic E-state index is -1.14. The lowest BCUT2D eigenvalue weighted by Gasteiger charge is -2.27. The molecule has 1 heterocycles. The molecule has 2 unspecified atom stereocenters. The molecule has 178 valence electrons. The molecule has 7 heteroatoms. The van der Waals surface area contributed by atoms with Gasteiger partial charge in [-0.15, -0.1) is 0 Å². The van der Waals surface area contributed by atoms with Gasteiger partial charge in [0, 0.05) is 5.69 Å². The minimum Gasteiger partial charge on any atom is -0.508 e. The molecule has 3 aromatic rings. The highest BCUT2D eigenvalue weighted by molar-refractivity contribution is 5.91. The van der Waals surface area contributed by atoms with Crippen LogP contribution in [0.5, 0.6) is 11.5 Å². The third-order valence-electron chi connectivity index (χ3n) is 5.88. The summed E-state index contributed by atoms with van der Waals surface area (Å²) in [6, 6.07) is 18.7. The van der Waals surface area contributed by atoms with E-state index < -0.39 is 30.2 Å². The van der Waals surface area contributed by atoms with Gasteiger partial charge in [0.15, 0.2) is 6.10 Å². The Morgan fingerprint density at radius 1 is 1.00 bits per heavy atom. The van der Waals surface area contributed by atoms with Crippen molar-refractivity contribution >= 4 is 11.8 Å². The second-order valence-electron chi connectivity index (χ2n) is 9.38. The van der Waals surface area contributed by atoms with Gasteiger partial charge in [-0.25, -0.2) is 9.18 Å². The van der Waals surface area contributed by atoms with Crippen molar-refractivity contribution in [2.75, 3.05) is 11.5 Å². The number of aliphatic hydroxyl groups excluding tert-OH is 1. The van der Waals surface area contributed by atoms with Crippen molar-refractivity contribution in [1.29, 1.82) is 0 Å². The Kier molecular flexibility index (Phi) is 6.48. The van der Waals surface area contributed by atoms with Crippen LogP contribution in [0.25, 0.3) is 0 Å². The smallest absolute Gasteiger partial charge is 0.415 e. The minimum absolute atomic E-state index is 0.0112. The Balaban J connectivity index is 1.56. The molecule has 1 aliphatic rings. The fraction of sp³-hybridized carbons (Fsp3) is 0.296. The molecular weight excluding hydrogens is 437 g/mol. The molecule has 4 rings (SSSR count). The molecule has 0 spiro atoms. The van der Waals surface area contributed by atoms with Crippen LogP contribution < -0.4 is 9.64 Å². The zero-order chi connectivity index (χ0) is 24.5. The Bertz CT molecular complexity index is 1120. The van der Waals surface area contributed by atoms with Crippen molar-refractivity contribution < 1.29 is 28.9 Å². The number of hydrogen-bond donors (Lipinski definition) is 2. The number of halogens is 1. The quantitative estimate of drug-likeness (QED) is 0.514. The number of carbonyl (C=O) groups excluding carboxylic acids is 1. The summed E-state index contributed by atoms with van der Waals surface area (Å²) in [6.45, 7) is 6.27. The molecule has 2 N–H and O–H groups in total. The van der Waals surface area contributed by atoms with Gasteiger partial charge >= 0.3 is 6.09 Å². The molecule has 0 radical (unpaired) electrons. The Labute approximate surface area is 198 Å². The standard InChI is InChI=1S/C27H28FNO5/c1-27(2,3)18-6-14-22(15-7-18)33-16-23(31)25-24(17-4-12-21(30)13-5-17)29(26(32)34-25)20-10-8-19(28)9-11-20/h4-15,23-25,30-31H,16H2,1-3H3/t23?,24-,25?/m1/s1. The van der Waals surface area contributed by atoms with Gasteiger partial charge in [0.25, 0.3) is 0 Å². The fourth-order valence-electron chi connectivity index (χ4n) is 3.99. The van der Waals surface area contributed by atoms with Crippen molar-refractivity contribution in [2.24, 2.45) is 0 Å². The number of phenols is 1. The van der Waals surface area contributed by atoms with E-state index in [0.717, 1.165) is 5.56 Å². The zero-order valence-electron chi connectivity index (χ0n) is 19.3. The van der Waals surface area contributed by atoms with Crippen LogP contribution in [0.4, 0.5) is 14.9 Å². The van der Waals surface area contributed by atoms with E-state index in [1.54, 1.807) is 12.1 Å². The molecule has 0 aliphatic carbocycles. The predicted octanol–water partition coefficient (Wildman–Crippen LogP) is 5.34. The van der Waals surface area contributed by atoms with Crippen molar-refractivity contribution in [2.45, 2.75) is 44.4 Å². The summed E-state index contributed by atoms with van der Waals surface area (Å²) in [6.07, 6.45) is -2.75. The summed E-state index contributed by atoms with van der Waals surface area (Å²) in [5, 5.41) is 20.7. The summed E-state index contributed by atoms with van der Waals surface area (Å²) in [5.74, 6) is 0.231. The number of amides is 1. The second kappa shape index (κ2) is 9.35. The normalized spacial score (nSPS) is 19.1. The highest BCUT2D eigenvalue weighted by atomic mass is 19.1. The van der Waals surface area contributed by atoms with E-state index in [1.807, 2.05) is 24.3 Å². The first-order valence-corrected chi connectivity index (χ1v) is 11.1. The van der Waals surface area contributed by atoms with E-state index >= 15 is 0 Å². The number of hydrogen-bond acceptors (Lipinski definition) is 5. The van der Waals surface area contributed by atoms with Gasteiger partial charge in [-0.2, -0.15) is 0 Å². The molecule has 0 saturated carbocycles. The molecule has 3 aromatic carbocycles. The van der Waals surface area contributed by atoms with Gasteiger partial charge in [0.05, 0.1) is 0 Å². The van der Waals surface area contributed by atoms with Gasteiger partial charge in [-0.3, -0.25) is 4.90 Å². The van der Waals surface area contributed by atoms with Crippen LogP contribution in [-0.4, -0.2) is 35.1 Å². The molecule has 3 atom stereocenters. The van der Waals surface area contributed by atoms with Crippen LogP contribution in [0, 0.1) is 5.82 Å². The lowest BCUT2D eigenvalue weighted by molar-refractivity contribution is -0.00646. The molecule has 1 aliphatic heterocycles. The van der Waals surface area contributed by atoms with E-state index in [9.17, 15) is 19.4 Å². The van der Waals surface area contributed by atoms with E-state index in [2.05, 4.69) is 20.8 Å². The van der Waals surface area contributed by atoms with Crippen molar-refractivity contribution in [1.82, 2.24) is 0 Å². The lowest BCUT2D eigenvalue weighted by Crippen LogP contribution is -2.38. The average molecular weight is 466 g/mol. The number of ether oxygens (including phenoxy) is 2. The monoisotopic (exact) mass is 465 g/mol. The highest BCUT2D eigenvalue weighted by Crippen LogP contribution is 2.39. The number of anilines is 1. The fourth-order valence-corrected chi connectivity index (χ4v) is 3.99. The molecule has 6 nitrogen and oxygen atoms in total. The number of cyclic esters (lactones) is 1. The summed E-state index contributed by atoms with van der Waals surface area (Å²) in [4.78, 5) is 14.2. The number of benzene rings is 3. The van der Waals surface area contributed by atoms with Gasteiger partial charge in [-0.1, -0.05) is 45.0 Å². The summed E-state index contributed by atoms with van der Waals surface area (Å²) in [7, 11) is 0. The van der Waals surface area contributed by atoms with E-state index in [0.29, 0.717) is 17.0 Å². The van der Waals surface area contributed by atoms with E-state index in [4.69, 9.17) is 9.47 Å². The van der Waals surface area contributed by atoms with Crippen LogP contribution >= 0.6 is 0 Å².